The first-order valence-corrected chi connectivity index (χ1v) is 9.10. The first-order valence-electron chi connectivity index (χ1n) is 6.80. The molecule has 0 atom stereocenters. The van der Waals surface area contributed by atoms with Crippen LogP contribution in [0, 0.1) is 0 Å². The number of likely N-dealkylation sites (N-methyl/N-ethyl adjacent to an activating group) is 1. The molecule has 0 bridgehead atoms. The minimum atomic E-state index is -3.38. The number of hydrogen-bond donors (Lipinski definition) is 2. The molecular formula is C13H20N4O2S2. The molecule has 0 amide bonds. The Morgan fingerprint density at radius 2 is 2.19 bits per heavy atom. The first-order chi connectivity index (χ1) is 10.1. The Bertz CT molecular complexity index is 635. The van der Waals surface area contributed by atoms with Gasteiger partial charge in [0.05, 0.1) is 6.33 Å². The maximum absolute atomic E-state index is 12.1. The second-order valence-corrected chi connectivity index (χ2v) is 7.79. The third kappa shape index (κ3) is 4.92. The largest absolute Gasteiger partial charge is 0.337 e. The molecule has 0 radical (unpaired) electrons. The highest BCUT2D eigenvalue weighted by atomic mass is 32.2. The van der Waals surface area contributed by atoms with Gasteiger partial charge in [0.1, 0.15) is 4.21 Å². The van der Waals surface area contributed by atoms with Crippen LogP contribution in [-0.4, -0.2) is 38.1 Å². The number of hydrogen-bond acceptors (Lipinski definition) is 5. The lowest BCUT2D eigenvalue weighted by Gasteiger charge is -2.05. The predicted octanol–water partition coefficient (Wildman–Crippen LogP) is 1.08. The molecule has 0 aliphatic heterocycles. The zero-order chi connectivity index (χ0) is 15.1. The molecule has 21 heavy (non-hydrogen) atoms. The molecule has 0 aliphatic rings. The Labute approximate surface area is 129 Å². The van der Waals surface area contributed by atoms with Crippen molar-refractivity contribution in [3.8, 4) is 0 Å². The summed E-state index contributed by atoms with van der Waals surface area (Å²) in [6, 6.07) is 3.55. The van der Waals surface area contributed by atoms with E-state index in [0.29, 0.717) is 10.8 Å². The Balaban J connectivity index is 1.82. The van der Waals surface area contributed by atoms with Gasteiger partial charge in [-0.25, -0.2) is 18.1 Å². The number of imidazole rings is 1. The fourth-order valence-corrected chi connectivity index (χ4v) is 4.32. The fraction of sp³-hybridized carbons (Fsp3) is 0.462. The number of rotatable bonds is 9. The summed E-state index contributed by atoms with van der Waals surface area (Å²) in [5.41, 5.74) is 0. The Hall–Kier alpha value is -1.22. The smallest absolute Gasteiger partial charge is 0.250 e. The van der Waals surface area contributed by atoms with E-state index in [-0.39, 0.29) is 0 Å². The lowest BCUT2D eigenvalue weighted by molar-refractivity contribution is 0.571. The van der Waals surface area contributed by atoms with Crippen LogP contribution in [0.5, 0.6) is 0 Å². The van der Waals surface area contributed by atoms with Crippen LogP contribution in [0.4, 0.5) is 0 Å². The number of aryl methyl sites for hydroxylation is 1. The molecule has 2 heterocycles. The zero-order valence-corrected chi connectivity index (χ0v) is 13.6. The van der Waals surface area contributed by atoms with Gasteiger partial charge in [0, 0.05) is 30.4 Å². The van der Waals surface area contributed by atoms with E-state index in [0.717, 1.165) is 30.8 Å². The Morgan fingerprint density at radius 3 is 2.90 bits per heavy atom. The summed E-state index contributed by atoms with van der Waals surface area (Å²) in [5, 5.41) is 3.05. The highest BCUT2D eigenvalue weighted by Gasteiger charge is 2.15. The third-order valence-corrected chi connectivity index (χ3v) is 6.07. The van der Waals surface area contributed by atoms with E-state index in [9.17, 15) is 8.42 Å². The van der Waals surface area contributed by atoms with Crippen molar-refractivity contribution in [2.75, 3.05) is 20.1 Å². The molecule has 6 nitrogen and oxygen atoms in total. The van der Waals surface area contributed by atoms with Crippen molar-refractivity contribution in [2.45, 2.75) is 23.6 Å². The maximum atomic E-state index is 12.1. The van der Waals surface area contributed by atoms with Gasteiger partial charge < -0.3 is 9.88 Å². The molecule has 8 heteroatoms. The molecule has 0 saturated carbocycles. The SMILES string of the molecule is CNCCc1ccc(S(=O)(=O)NCCCn2ccnc2)s1. The standard InChI is InChI=1S/C13H20N4O2S2/c1-14-7-5-12-3-4-13(20-12)21(18,19)16-6-2-9-17-10-8-15-11-17/h3-4,8,10-11,14,16H,2,5-7,9H2,1H3. The number of aromatic nitrogens is 2. The molecular weight excluding hydrogens is 308 g/mol. The van der Waals surface area contributed by atoms with E-state index < -0.39 is 10.0 Å². The van der Waals surface area contributed by atoms with E-state index >= 15 is 0 Å². The highest BCUT2D eigenvalue weighted by Crippen LogP contribution is 2.21. The van der Waals surface area contributed by atoms with E-state index in [4.69, 9.17) is 0 Å². The third-order valence-electron chi connectivity index (χ3n) is 2.97. The second kappa shape index (κ2) is 7.69. The van der Waals surface area contributed by atoms with Crippen LogP contribution < -0.4 is 10.0 Å². The van der Waals surface area contributed by atoms with Crippen molar-refractivity contribution in [2.24, 2.45) is 0 Å². The van der Waals surface area contributed by atoms with E-state index in [1.807, 2.05) is 23.9 Å². The van der Waals surface area contributed by atoms with Gasteiger partial charge in [0.25, 0.3) is 0 Å². The zero-order valence-electron chi connectivity index (χ0n) is 11.9. The average Bonchev–Trinajstić information content (AvgIpc) is 3.13. The lowest BCUT2D eigenvalue weighted by atomic mass is 10.3. The predicted molar refractivity (Wildman–Crippen MR) is 84.0 cm³/mol. The van der Waals surface area contributed by atoms with Crippen LogP contribution in [0.3, 0.4) is 0 Å². The number of sulfonamides is 1. The fourth-order valence-electron chi connectivity index (χ4n) is 1.84. The number of nitrogens with zero attached hydrogens (tertiary/aromatic N) is 2. The monoisotopic (exact) mass is 328 g/mol. The molecule has 2 aromatic rings. The number of nitrogens with one attached hydrogen (secondary N) is 2. The molecule has 0 aliphatic carbocycles. The van der Waals surface area contributed by atoms with Crippen molar-refractivity contribution < 1.29 is 8.42 Å². The summed E-state index contributed by atoms with van der Waals surface area (Å²) in [5.74, 6) is 0. The van der Waals surface area contributed by atoms with Crippen LogP contribution in [0.2, 0.25) is 0 Å². The van der Waals surface area contributed by atoms with E-state index in [1.54, 1.807) is 18.6 Å². The summed E-state index contributed by atoms with van der Waals surface area (Å²) in [4.78, 5) is 5.02. The van der Waals surface area contributed by atoms with Crippen LogP contribution in [0.25, 0.3) is 0 Å². The van der Waals surface area contributed by atoms with E-state index in [2.05, 4.69) is 15.0 Å². The van der Waals surface area contributed by atoms with Crippen LogP contribution in [0.15, 0.2) is 35.1 Å². The van der Waals surface area contributed by atoms with Gasteiger partial charge in [0.2, 0.25) is 10.0 Å². The molecule has 0 saturated heterocycles. The normalized spacial score (nSPS) is 11.9. The van der Waals surface area contributed by atoms with Crippen molar-refractivity contribution >= 4 is 21.4 Å². The van der Waals surface area contributed by atoms with Crippen LogP contribution in [-0.2, 0) is 23.0 Å². The van der Waals surface area contributed by atoms with Crippen molar-refractivity contribution in [1.82, 2.24) is 19.6 Å². The van der Waals surface area contributed by atoms with Gasteiger partial charge in [0.15, 0.2) is 0 Å². The van der Waals surface area contributed by atoms with Gasteiger partial charge >= 0.3 is 0 Å². The maximum Gasteiger partial charge on any atom is 0.250 e. The molecule has 2 N–H and O–H groups in total. The molecule has 0 spiro atoms. The molecule has 116 valence electrons. The molecule has 0 unspecified atom stereocenters. The summed E-state index contributed by atoms with van der Waals surface area (Å²) in [6.45, 7) is 2.02. The lowest BCUT2D eigenvalue weighted by Crippen LogP contribution is -2.24. The van der Waals surface area contributed by atoms with Gasteiger partial charge in [-0.15, -0.1) is 11.3 Å². The minimum Gasteiger partial charge on any atom is -0.337 e. The first kappa shape index (κ1) is 16.2. The molecule has 0 fully saturated rings. The van der Waals surface area contributed by atoms with Crippen molar-refractivity contribution in [3.05, 3.63) is 35.7 Å². The van der Waals surface area contributed by atoms with E-state index in [1.165, 1.54) is 11.3 Å². The molecule has 2 rings (SSSR count). The van der Waals surface area contributed by atoms with Crippen LogP contribution >= 0.6 is 11.3 Å². The van der Waals surface area contributed by atoms with Gasteiger partial charge in [-0.3, -0.25) is 0 Å². The summed E-state index contributed by atoms with van der Waals surface area (Å²) in [6.07, 6.45) is 6.87. The van der Waals surface area contributed by atoms with Crippen LogP contribution in [0.1, 0.15) is 11.3 Å². The Kier molecular flexibility index (Phi) is 5.92. The quantitative estimate of drug-likeness (QED) is 0.675. The average molecular weight is 328 g/mol. The van der Waals surface area contributed by atoms with Gasteiger partial charge in [-0.1, -0.05) is 0 Å². The molecule has 2 aromatic heterocycles. The second-order valence-electron chi connectivity index (χ2n) is 4.63. The van der Waals surface area contributed by atoms with Gasteiger partial charge in [-0.05, 0) is 38.6 Å². The number of thiophene rings is 1. The summed E-state index contributed by atoms with van der Waals surface area (Å²) >= 11 is 1.33. The van der Waals surface area contributed by atoms with Gasteiger partial charge in [-0.2, -0.15) is 0 Å². The summed E-state index contributed by atoms with van der Waals surface area (Å²) < 4.78 is 29.2. The topological polar surface area (TPSA) is 76.0 Å². The highest BCUT2D eigenvalue weighted by molar-refractivity contribution is 7.91. The van der Waals surface area contributed by atoms with Crippen molar-refractivity contribution in [3.63, 3.8) is 0 Å². The Morgan fingerprint density at radius 1 is 1.33 bits per heavy atom. The summed E-state index contributed by atoms with van der Waals surface area (Å²) in [7, 11) is -1.50. The minimum absolute atomic E-state index is 0.385. The van der Waals surface area contributed by atoms with Crippen molar-refractivity contribution in [1.29, 1.82) is 0 Å². The molecule has 0 aromatic carbocycles.